The number of ether oxygens (including phenoxy) is 2. The van der Waals surface area contributed by atoms with E-state index in [9.17, 15) is 4.79 Å². The van der Waals surface area contributed by atoms with Crippen molar-refractivity contribution in [2.45, 2.75) is 26.1 Å². The molecule has 19 heavy (non-hydrogen) atoms. The van der Waals surface area contributed by atoms with E-state index in [1.165, 1.54) is 12.7 Å². The number of carbonyl (C=O) groups excluding carboxylic acids is 1. The van der Waals surface area contributed by atoms with Crippen LogP contribution in [0.25, 0.3) is 0 Å². The molecule has 0 unspecified atom stereocenters. The van der Waals surface area contributed by atoms with E-state index >= 15 is 0 Å². The van der Waals surface area contributed by atoms with Gasteiger partial charge in [-0.3, -0.25) is 4.79 Å². The highest BCUT2D eigenvalue weighted by atomic mass is 16.5. The van der Waals surface area contributed by atoms with Gasteiger partial charge in [-0.1, -0.05) is 37.3 Å². The van der Waals surface area contributed by atoms with Crippen LogP contribution in [0, 0.1) is 23.7 Å². The van der Waals surface area contributed by atoms with Gasteiger partial charge in [0.15, 0.2) is 0 Å². The minimum atomic E-state index is -0.0647. The van der Waals surface area contributed by atoms with Crippen molar-refractivity contribution in [3.8, 4) is 0 Å². The number of carbonyl (C=O) groups is 1. The van der Waals surface area contributed by atoms with Gasteiger partial charge in [-0.2, -0.15) is 0 Å². The molecule has 0 heterocycles. The summed E-state index contributed by atoms with van der Waals surface area (Å²) in [6.45, 7) is 2.85. The van der Waals surface area contributed by atoms with Gasteiger partial charge in [0.2, 0.25) is 0 Å². The maximum Gasteiger partial charge on any atom is 0.309 e. The van der Waals surface area contributed by atoms with Crippen molar-refractivity contribution in [1.29, 1.82) is 0 Å². The fourth-order valence-corrected chi connectivity index (χ4v) is 3.67. The third-order valence-electron chi connectivity index (χ3n) is 4.71. The van der Waals surface area contributed by atoms with Gasteiger partial charge in [-0.05, 0) is 29.7 Å². The third kappa shape index (κ3) is 2.27. The van der Waals surface area contributed by atoms with Gasteiger partial charge in [0.05, 0.1) is 25.7 Å². The zero-order chi connectivity index (χ0) is 13.4. The maximum absolute atomic E-state index is 11.7. The molecular weight excluding hydrogens is 240 g/mol. The van der Waals surface area contributed by atoms with E-state index in [-0.39, 0.29) is 18.0 Å². The van der Waals surface area contributed by atoms with Crippen LogP contribution in [0.1, 0.15) is 18.9 Å². The van der Waals surface area contributed by atoms with Crippen LogP contribution in [0.2, 0.25) is 0 Å². The van der Waals surface area contributed by atoms with Gasteiger partial charge in [-0.25, -0.2) is 0 Å². The minimum Gasteiger partial charge on any atom is -0.469 e. The van der Waals surface area contributed by atoms with Gasteiger partial charge in [0, 0.05) is 0 Å². The van der Waals surface area contributed by atoms with E-state index in [0.29, 0.717) is 24.4 Å². The lowest BCUT2D eigenvalue weighted by molar-refractivity contribution is -0.146. The summed E-state index contributed by atoms with van der Waals surface area (Å²) < 4.78 is 10.9. The summed E-state index contributed by atoms with van der Waals surface area (Å²) in [5.41, 5.74) is 1.19. The zero-order valence-corrected chi connectivity index (χ0v) is 11.4. The number of esters is 1. The summed E-state index contributed by atoms with van der Waals surface area (Å²) in [6.07, 6.45) is 1.03. The Kier molecular flexibility index (Phi) is 3.31. The molecule has 2 aliphatic rings. The van der Waals surface area contributed by atoms with Crippen molar-refractivity contribution < 1.29 is 14.3 Å². The number of rotatable bonds is 4. The molecule has 3 heteroatoms. The Morgan fingerprint density at radius 1 is 1.26 bits per heavy atom. The lowest BCUT2D eigenvalue weighted by Crippen LogP contribution is -2.22. The van der Waals surface area contributed by atoms with Crippen molar-refractivity contribution in [2.75, 3.05) is 7.11 Å². The van der Waals surface area contributed by atoms with Gasteiger partial charge < -0.3 is 9.47 Å². The molecule has 2 aliphatic carbocycles. The van der Waals surface area contributed by atoms with Crippen molar-refractivity contribution in [2.24, 2.45) is 23.7 Å². The molecule has 3 nitrogen and oxygen atoms in total. The molecule has 0 radical (unpaired) electrons. The molecule has 0 aromatic heterocycles. The summed E-state index contributed by atoms with van der Waals surface area (Å²) in [7, 11) is 1.47. The van der Waals surface area contributed by atoms with Crippen molar-refractivity contribution in [3.05, 3.63) is 35.9 Å². The van der Waals surface area contributed by atoms with E-state index in [2.05, 4.69) is 19.1 Å². The van der Waals surface area contributed by atoms with Crippen LogP contribution in [-0.4, -0.2) is 19.2 Å². The van der Waals surface area contributed by atoms with E-state index in [1.54, 1.807) is 0 Å². The standard InChI is InChI=1S/C16H20O3/c1-10-14-12(16(17)18-2)8-13(15(10)14)19-9-11-6-4-3-5-7-11/h3-7,10,12-15H,8-9H2,1-2H3/t10-,12-,13+,14-,15+/m0/s1. The summed E-state index contributed by atoms with van der Waals surface area (Å²) in [5, 5.41) is 0. The molecule has 0 amide bonds. The second kappa shape index (κ2) is 4.97. The van der Waals surface area contributed by atoms with Crippen molar-refractivity contribution >= 4 is 5.97 Å². The van der Waals surface area contributed by atoms with Crippen LogP contribution in [-0.2, 0) is 20.9 Å². The molecule has 0 bridgehead atoms. The highest BCUT2D eigenvalue weighted by molar-refractivity contribution is 5.74. The predicted octanol–water partition coefficient (Wildman–Crippen LogP) is 2.65. The lowest BCUT2D eigenvalue weighted by atomic mass is 10.00. The van der Waals surface area contributed by atoms with Gasteiger partial charge in [-0.15, -0.1) is 0 Å². The number of fused-ring (bicyclic) bond motifs is 1. The average Bonchev–Trinajstić information content (AvgIpc) is 2.95. The molecule has 0 N–H and O–H groups in total. The Hall–Kier alpha value is -1.35. The molecule has 1 aromatic rings. The summed E-state index contributed by atoms with van der Waals surface area (Å²) in [4.78, 5) is 11.7. The molecule has 0 spiro atoms. The first-order valence-corrected chi connectivity index (χ1v) is 6.95. The Morgan fingerprint density at radius 3 is 2.68 bits per heavy atom. The fraction of sp³-hybridized carbons (Fsp3) is 0.562. The minimum absolute atomic E-state index is 0.0470. The van der Waals surface area contributed by atoms with Crippen molar-refractivity contribution in [1.82, 2.24) is 0 Å². The quantitative estimate of drug-likeness (QED) is 0.781. The molecule has 0 aliphatic heterocycles. The average molecular weight is 260 g/mol. The fourth-order valence-electron chi connectivity index (χ4n) is 3.67. The molecule has 3 rings (SSSR count). The Morgan fingerprint density at radius 2 is 2.00 bits per heavy atom. The smallest absolute Gasteiger partial charge is 0.309 e. The second-order valence-electron chi connectivity index (χ2n) is 5.71. The van der Waals surface area contributed by atoms with E-state index < -0.39 is 0 Å². The number of methoxy groups -OCH3 is 1. The Balaban J connectivity index is 1.60. The van der Waals surface area contributed by atoms with Gasteiger partial charge in [0.1, 0.15) is 0 Å². The first-order valence-electron chi connectivity index (χ1n) is 6.95. The van der Waals surface area contributed by atoms with Gasteiger partial charge in [0.25, 0.3) is 0 Å². The highest BCUT2D eigenvalue weighted by Crippen LogP contribution is 2.61. The first kappa shape index (κ1) is 12.7. The third-order valence-corrected chi connectivity index (χ3v) is 4.71. The van der Waals surface area contributed by atoms with Crippen LogP contribution < -0.4 is 0 Å². The molecule has 1 aromatic carbocycles. The number of benzene rings is 1. The van der Waals surface area contributed by atoms with Crippen LogP contribution in [0.3, 0.4) is 0 Å². The van der Waals surface area contributed by atoms with Crippen LogP contribution in [0.15, 0.2) is 30.3 Å². The van der Waals surface area contributed by atoms with Crippen LogP contribution >= 0.6 is 0 Å². The predicted molar refractivity (Wildman–Crippen MR) is 71.3 cm³/mol. The van der Waals surface area contributed by atoms with Crippen molar-refractivity contribution in [3.63, 3.8) is 0 Å². The molecule has 0 saturated heterocycles. The van der Waals surface area contributed by atoms with E-state index in [4.69, 9.17) is 9.47 Å². The topological polar surface area (TPSA) is 35.5 Å². The van der Waals surface area contributed by atoms with E-state index in [1.807, 2.05) is 18.2 Å². The summed E-state index contributed by atoms with van der Waals surface area (Å²) >= 11 is 0. The molecule has 2 saturated carbocycles. The molecule has 5 atom stereocenters. The summed E-state index contributed by atoms with van der Waals surface area (Å²) in [6, 6.07) is 10.2. The SMILES string of the molecule is COC(=O)[C@H]1C[C@@H](OCc2ccccc2)[C@H]2[C@@H](C)[C@H]21. The number of hydrogen-bond donors (Lipinski definition) is 0. The molecule has 102 valence electrons. The Labute approximate surface area is 113 Å². The maximum atomic E-state index is 11.7. The molecular formula is C16H20O3. The van der Waals surface area contributed by atoms with Crippen LogP contribution in [0.4, 0.5) is 0 Å². The highest BCUT2D eigenvalue weighted by Gasteiger charge is 2.63. The zero-order valence-electron chi connectivity index (χ0n) is 11.4. The monoisotopic (exact) mass is 260 g/mol. The molecule has 2 fully saturated rings. The second-order valence-corrected chi connectivity index (χ2v) is 5.71. The largest absolute Gasteiger partial charge is 0.469 e. The number of hydrogen-bond acceptors (Lipinski definition) is 3. The first-order chi connectivity index (χ1) is 9.22. The lowest BCUT2D eigenvalue weighted by Gasteiger charge is -2.17. The Bertz CT molecular complexity index is 456. The van der Waals surface area contributed by atoms with Gasteiger partial charge >= 0.3 is 5.97 Å². The summed E-state index contributed by atoms with van der Waals surface area (Å²) in [5.74, 6) is 1.61. The van der Waals surface area contributed by atoms with Crippen LogP contribution in [0.5, 0.6) is 0 Å². The normalized spacial score (nSPS) is 35.8. The van der Waals surface area contributed by atoms with E-state index in [0.717, 1.165) is 6.42 Å².